The van der Waals surface area contributed by atoms with Crippen LogP contribution in [0.15, 0.2) is 28.7 Å². The molecule has 150 valence electrons. The van der Waals surface area contributed by atoms with Gasteiger partial charge in [0.05, 0.1) is 21.5 Å². The fourth-order valence-electron chi connectivity index (χ4n) is 3.09. The van der Waals surface area contributed by atoms with E-state index < -0.39 is 0 Å². The van der Waals surface area contributed by atoms with Crippen molar-refractivity contribution in [2.75, 3.05) is 11.1 Å². The summed E-state index contributed by atoms with van der Waals surface area (Å²) in [4.78, 5) is 16.9. The molecular formula is C19H17Cl2N5OS2. The third-order valence-corrected chi connectivity index (χ3v) is 7.28. The monoisotopic (exact) mass is 465 g/mol. The van der Waals surface area contributed by atoms with Gasteiger partial charge in [0.15, 0.2) is 10.3 Å². The number of carbonyl (C=O) groups excluding carboxylic acids is 1. The lowest BCUT2D eigenvalue weighted by Crippen LogP contribution is -2.14. The minimum atomic E-state index is -0.108. The molecule has 6 nitrogen and oxygen atoms in total. The Morgan fingerprint density at radius 3 is 2.76 bits per heavy atom. The van der Waals surface area contributed by atoms with Crippen LogP contribution in [0.1, 0.15) is 43.5 Å². The van der Waals surface area contributed by atoms with Gasteiger partial charge in [0, 0.05) is 22.9 Å². The first kappa shape index (κ1) is 19.4. The Balaban J connectivity index is 1.22. The van der Waals surface area contributed by atoms with Gasteiger partial charge in [-0.15, -0.1) is 21.5 Å². The number of anilines is 1. The molecule has 2 heterocycles. The number of rotatable bonds is 7. The number of nitrogens with one attached hydrogen (secondary N) is 1. The smallest absolute Gasteiger partial charge is 0.236 e. The molecule has 1 N–H and O–H groups in total. The third-order valence-electron chi connectivity index (χ3n) is 4.84. The van der Waals surface area contributed by atoms with Crippen LogP contribution < -0.4 is 5.32 Å². The summed E-state index contributed by atoms with van der Waals surface area (Å²) in [7, 11) is 0. The second kappa shape index (κ2) is 7.91. The second-order valence-electron chi connectivity index (χ2n) is 7.22. The Kier molecular flexibility index (Phi) is 5.28. The highest BCUT2D eigenvalue weighted by molar-refractivity contribution is 7.99. The van der Waals surface area contributed by atoms with Gasteiger partial charge in [0.1, 0.15) is 5.82 Å². The molecule has 0 unspecified atom stereocenters. The van der Waals surface area contributed by atoms with E-state index in [0.29, 0.717) is 27.1 Å². The van der Waals surface area contributed by atoms with Gasteiger partial charge in [0.25, 0.3) is 0 Å². The van der Waals surface area contributed by atoms with Gasteiger partial charge in [-0.2, -0.15) is 0 Å². The summed E-state index contributed by atoms with van der Waals surface area (Å²) in [6, 6.07) is 5.87. The van der Waals surface area contributed by atoms with Crippen molar-refractivity contribution >= 4 is 57.3 Å². The molecule has 2 aliphatic rings. The SMILES string of the molecule is O=C(CSc1nnc(C2CC2)n1C1CC1)Nc1nc(-c2ccc(Cl)c(Cl)c2)cs1. The Morgan fingerprint density at radius 1 is 1.21 bits per heavy atom. The van der Waals surface area contributed by atoms with Gasteiger partial charge in [0.2, 0.25) is 5.91 Å². The van der Waals surface area contributed by atoms with E-state index in [1.54, 1.807) is 12.1 Å². The Hall–Kier alpha value is -1.61. The number of thioether (sulfide) groups is 1. The van der Waals surface area contributed by atoms with E-state index in [4.69, 9.17) is 23.2 Å². The average Bonchev–Trinajstić information content (AvgIpc) is 3.64. The molecule has 1 amide bonds. The maximum atomic E-state index is 12.4. The molecule has 29 heavy (non-hydrogen) atoms. The lowest BCUT2D eigenvalue weighted by atomic mass is 10.2. The summed E-state index contributed by atoms with van der Waals surface area (Å²) in [5.41, 5.74) is 1.61. The van der Waals surface area contributed by atoms with Crippen molar-refractivity contribution in [1.82, 2.24) is 19.7 Å². The van der Waals surface area contributed by atoms with E-state index in [-0.39, 0.29) is 11.7 Å². The van der Waals surface area contributed by atoms with Crippen LogP contribution >= 0.6 is 46.3 Å². The molecule has 2 aliphatic carbocycles. The van der Waals surface area contributed by atoms with Crippen molar-refractivity contribution in [3.63, 3.8) is 0 Å². The molecular weight excluding hydrogens is 449 g/mol. The number of hydrogen-bond acceptors (Lipinski definition) is 6. The van der Waals surface area contributed by atoms with Crippen LogP contribution in [0.4, 0.5) is 5.13 Å². The topological polar surface area (TPSA) is 72.7 Å². The summed E-state index contributed by atoms with van der Waals surface area (Å²) in [5, 5.41) is 15.8. The molecule has 2 aromatic heterocycles. The molecule has 0 saturated heterocycles. The molecule has 2 fully saturated rings. The van der Waals surface area contributed by atoms with Crippen LogP contribution in [-0.4, -0.2) is 31.4 Å². The van der Waals surface area contributed by atoms with E-state index >= 15 is 0 Å². The normalized spacial score (nSPS) is 16.2. The van der Waals surface area contributed by atoms with E-state index in [1.807, 2.05) is 11.4 Å². The molecule has 1 aromatic carbocycles. The standard InChI is InChI=1S/C19H17Cl2N5OS2/c20-13-6-3-11(7-14(13)21)15-8-28-18(22-15)23-16(27)9-29-19-25-24-17(10-1-2-10)26(19)12-4-5-12/h3,6-8,10,12H,1-2,4-5,9H2,(H,22,23,27). The van der Waals surface area contributed by atoms with Crippen LogP contribution in [-0.2, 0) is 4.79 Å². The Bertz CT molecular complexity index is 1070. The average molecular weight is 466 g/mol. The van der Waals surface area contributed by atoms with Gasteiger partial charge < -0.3 is 9.88 Å². The van der Waals surface area contributed by atoms with Gasteiger partial charge in [-0.1, -0.05) is 41.0 Å². The van der Waals surface area contributed by atoms with Gasteiger partial charge in [-0.25, -0.2) is 4.98 Å². The first-order chi connectivity index (χ1) is 14.1. The van der Waals surface area contributed by atoms with Crippen molar-refractivity contribution < 1.29 is 4.79 Å². The highest BCUT2D eigenvalue weighted by Crippen LogP contribution is 2.46. The van der Waals surface area contributed by atoms with Gasteiger partial charge in [-0.3, -0.25) is 4.79 Å². The molecule has 3 aromatic rings. The van der Waals surface area contributed by atoms with E-state index in [9.17, 15) is 4.79 Å². The van der Waals surface area contributed by atoms with Crippen LogP contribution in [0, 0.1) is 0 Å². The summed E-state index contributed by atoms with van der Waals surface area (Å²) in [5.74, 6) is 1.82. The number of nitrogens with zero attached hydrogens (tertiary/aromatic N) is 4. The number of halogens is 2. The molecule has 5 rings (SSSR count). The zero-order valence-electron chi connectivity index (χ0n) is 15.3. The fraction of sp³-hybridized carbons (Fsp3) is 0.368. The number of amides is 1. The number of hydrogen-bond donors (Lipinski definition) is 1. The lowest BCUT2D eigenvalue weighted by molar-refractivity contribution is -0.113. The summed E-state index contributed by atoms with van der Waals surface area (Å²) in [6.45, 7) is 0. The maximum absolute atomic E-state index is 12.4. The summed E-state index contributed by atoms with van der Waals surface area (Å²) >= 11 is 14.9. The highest BCUT2D eigenvalue weighted by atomic mass is 35.5. The van der Waals surface area contributed by atoms with Gasteiger partial charge in [-0.05, 0) is 37.8 Å². The van der Waals surface area contributed by atoms with Crippen molar-refractivity contribution in [3.05, 3.63) is 39.4 Å². The molecule has 0 radical (unpaired) electrons. The van der Waals surface area contributed by atoms with Crippen LogP contribution in [0.2, 0.25) is 10.0 Å². The fourth-order valence-corrected chi connectivity index (χ4v) is 4.93. The quantitative estimate of drug-likeness (QED) is 0.456. The largest absolute Gasteiger partial charge is 0.303 e. The first-order valence-electron chi connectivity index (χ1n) is 9.37. The Morgan fingerprint density at radius 2 is 2.03 bits per heavy atom. The first-order valence-corrected chi connectivity index (χ1v) is 12.0. The minimum absolute atomic E-state index is 0.108. The van der Waals surface area contributed by atoms with E-state index in [2.05, 4.69) is 25.1 Å². The molecule has 0 bridgehead atoms. The number of thiazole rings is 1. The minimum Gasteiger partial charge on any atom is -0.303 e. The lowest BCUT2D eigenvalue weighted by Gasteiger charge is -2.07. The molecule has 0 aliphatic heterocycles. The van der Waals surface area contributed by atoms with E-state index in [0.717, 1.165) is 22.2 Å². The second-order valence-corrected chi connectivity index (χ2v) is 9.83. The third kappa shape index (κ3) is 4.30. The zero-order valence-corrected chi connectivity index (χ0v) is 18.4. The van der Waals surface area contributed by atoms with Crippen LogP contribution in [0.3, 0.4) is 0 Å². The van der Waals surface area contributed by atoms with E-state index in [1.165, 1.54) is 48.8 Å². The highest BCUT2D eigenvalue weighted by Gasteiger charge is 2.36. The maximum Gasteiger partial charge on any atom is 0.236 e. The predicted molar refractivity (Wildman–Crippen MR) is 117 cm³/mol. The van der Waals surface area contributed by atoms with Crippen LogP contribution in [0.25, 0.3) is 11.3 Å². The van der Waals surface area contributed by atoms with Gasteiger partial charge >= 0.3 is 0 Å². The molecule has 2 saturated carbocycles. The Labute approximate surface area is 186 Å². The van der Waals surface area contributed by atoms with Crippen molar-refractivity contribution in [2.45, 2.75) is 42.8 Å². The van der Waals surface area contributed by atoms with Crippen molar-refractivity contribution in [3.8, 4) is 11.3 Å². The van der Waals surface area contributed by atoms with Crippen LogP contribution in [0.5, 0.6) is 0 Å². The summed E-state index contributed by atoms with van der Waals surface area (Å²) < 4.78 is 2.25. The number of benzene rings is 1. The van der Waals surface area contributed by atoms with Crippen molar-refractivity contribution in [1.29, 1.82) is 0 Å². The molecule has 0 spiro atoms. The number of aromatic nitrogens is 4. The number of carbonyl (C=O) groups is 1. The summed E-state index contributed by atoms with van der Waals surface area (Å²) in [6.07, 6.45) is 4.74. The molecule has 10 heteroatoms. The zero-order chi connectivity index (χ0) is 20.0. The van der Waals surface area contributed by atoms with Crippen molar-refractivity contribution in [2.24, 2.45) is 0 Å². The predicted octanol–water partition coefficient (Wildman–Crippen LogP) is 5.65. The molecule has 0 atom stereocenters.